The Morgan fingerprint density at radius 3 is 0.947 bits per heavy atom. The zero-order valence-corrected chi connectivity index (χ0v) is 43.4. The van der Waals surface area contributed by atoms with Crippen LogP contribution in [0.15, 0.2) is 303 Å². The average Bonchev–Trinajstić information content (AvgIpc) is 3.87. The van der Waals surface area contributed by atoms with Gasteiger partial charge in [0.1, 0.15) is 0 Å². The molecular weight excluding hydrogens is 959 g/mol. The molecule has 0 saturated heterocycles. The minimum atomic E-state index is -3.44. The fourth-order valence-corrected chi connectivity index (χ4v) is 18.5. The molecule has 0 radical (unpaired) electrons. The first-order chi connectivity index (χ1) is 37.5. The van der Waals surface area contributed by atoms with E-state index in [0.717, 1.165) is 104 Å². The van der Waals surface area contributed by atoms with Gasteiger partial charge in [-0.25, -0.2) is 0 Å². The van der Waals surface area contributed by atoms with Gasteiger partial charge in [-0.3, -0.25) is 0 Å². The van der Waals surface area contributed by atoms with Crippen molar-refractivity contribution in [3.8, 4) is 22.3 Å². The molecule has 0 unspecified atom stereocenters. The highest BCUT2D eigenvalue weighted by Gasteiger charge is 2.51. The van der Waals surface area contributed by atoms with Crippen LogP contribution in [-0.4, -0.2) is 0 Å². The van der Waals surface area contributed by atoms with Crippen LogP contribution < -0.4 is 31.8 Å². The van der Waals surface area contributed by atoms with Crippen molar-refractivity contribution in [1.82, 2.24) is 0 Å². The van der Waals surface area contributed by atoms with Crippen LogP contribution >= 0.6 is 14.3 Å². The van der Waals surface area contributed by atoms with Crippen LogP contribution in [0.2, 0.25) is 0 Å². The summed E-state index contributed by atoms with van der Waals surface area (Å²) >= 11 is 0. The fraction of sp³-hybridized carbons (Fsp3) is 0.0278. The summed E-state index contributed by atoms with van der Waals surface area (Å²) in [7, 11) is -6.86. The van der Waals surface area contributed by atoms with E-state index in [0.29, 0.717) is 0 Å². The molecular formula is C72H50O2P2. The van der Waals surface area contributed by atoms with Gasteiger partial charge < -0.3 is 9.13 Å². The molecule has 0 N–H and O–H groups in total. The predicted molar refractivity (Wildman–Crippen MR) is 317 cm³/mol. The van der Waals surface area contributed by atoms with Gasteiger partial charge in [-0.1, -0.05) is 285 Å². The Labute approximate surface area is 444 Å². The van der Waals surface area contributed by atoms with Crippen molar-refractivity contribution in [2.75, 3.05) is 0 Å². The minimum absolute atomic E-state index is 0.779. The average molecular weight is 1010 g/mol. The second kappa shape index (κ2) is 18.0. The van der Waals surface area contributed by atoms with Crippen molar-refractivity contribution in [3.05, 3.63) is 348 Å². The lowest BCUT2D eigenvalue weighted by molar-refractivity contribution is 0.591. The van der Waals surface area contributed by atoms with Crippen molar-refractivity contribution in [2.45, 2.75) is 10.8 Å². The van der Waals surface area contributed by atoms with Crippen LogP contribution in [0.5, 0.6) is 0 Å². The molecule has 0 bridgehead atoms. The number of fused-ring (bicyclic) bond motifs is 6. The van der Waals surface area contributed by atoms with E-state index in [2.05, 4.69) is 182 Å². The maximum atomic E-state index is 16.6. The molecule has 0 spiro atoms. The smallest absolute Gasteiger partial charge is 0.171 e. The van der Waals surface area contributed by atoms with Gasteiger partial charge in [-0.15, -0.1) is 0 Å². The first-order valence-electron chi connectivity index (χ1n) is 26.0. The zero-order chi connectivity index (χ0) is 50.9. The SMILES string of the molecule is O=P(c1ccccc1)(c1ccccc1)c1ccc2c(c1)C(c1ccccc1)(c1ccccc1)c1cc3c4c(cccc4c1-2)C(c1ccccc1)(c1ccccc1)c1cc(P(=O)(c2ccccc2)c2ccccc2)ccc1-3. The summed E-state index contributed by atoms with van der Waals surface area (Å²) in [5.74, 6) is 0. The Balaban J connectivity index is 1.14. The summed E-state index contributed by atoms with van der Waals surface area (Å²) in [5.41, 5.74) is 11.8. The lowest BCUT2D eigenvalue weighted by Crippen LogP contribution is -2.36. The van der Waals surface area contributed by atoms with E-state index in [9.17, 15) is 0 Å². The van der Waals surface area contributed by atoms with Gasteiger partial charge in [0.05, 0.1) is 10.8 Å². The number of hydrogen-bond donors (Lipinski definition) is 0. The molecule has 76 heavy (non-hydrogen) atoms. The van der Waals surface area contributed by atoms with Crippen molar-refractivity contribution >= 4 is 56.9 Å². The van der Waals surface area contributed by atoms with E-state index in [4.69, 9.17) is 0 Å². The molecule has 0 atom stereocenters. The van der Waals surface area contributed by atoms with Gasteiger partial charge in [0.2, 0.25) is 0 Å². The van der Waals surface area contributed by atoms with Gasteiger partial charge in [0.25, 0.3) is 0 Å². The van der Waals surface area contributed by atoms with Gasteiger partial charge >= 0.3 is 0 Å². The van der Waals surface area contributed by atoms with E-state index in [1.54, 1.807) is 0 Å². The highest BCUT2D eigenvalue weighted by molar-refractivity contribution is 7.85. The maximum absolute atomic E-state index is 16.6. The molecule has 0 aliphatic heterocycles. The van der Waals surface area contributed by atoms with Gasteiger partial charge in [0.15, 0.2) is 14.3 Å². The van der Waals surface area contributed by atoms with Crippen LogP contribution in [0, 0.1) is 0 Å². The molecule has 0 fully saturated rings. The normalized spacial score (nSPS) is 13.8. The summed E-state index contributed by atoms with van der Waals surface area (Å²) in [4.78, 5) is 0. The molecule has 360 valence electrons. The summed E-state index contributed by atoms with van der Waals surface area (Å²) in [5, 5.41) is 7.06. The minimum Gasteiger partial charge on any atom is -0.309 e. The van der Waals surface area contributed by atoms with E-state index in [1.807, 2.05) is 121 Å². The van der Waals surface area contributed by atoms with Crippen LogP contribution in [0.1, 0.15) is 44.5 Å². The van der Waals surface area contributed by atoms with E-state index in [1.165, 1.54) is 5.39 Å². The van der Waals surface area contributed by atoms with Crippen LogP contribution in [0.3, 0.4) is 0 Å². The fourth-order valence-electron chi connectivity index (χ4n) is 13.2. The van der Waals surface area contributed by atoms with Crippen LogP contribution in [0.4, 0.5) is 0 Å². The quantitative estimate of drug-likeness (QED) is 0.128. The molecule has 0 heterocycles. The molecule has 2 nitrogen and oxygen atoms in total. The van der Waals surface area contributed by atoms with Crippen molar-refractivity contribution in [2.24, 2.45) is 0 Å². The summed E-state index contributed by atoms with van der Waals surface area (Å²) in [6, 6.07) is 106. The highest BCUT2D eigenvalue weighted by Crippen LogP contribution is 2.63. The van der Waals surface area contributed by atoms with Gasteiger partial charge in [-0.05, 0) is 95.7 Å². The van der Waals surface area contributed by atoms with Gasteiger partial charge in [0, 0.05) is 31.8 Å². The van der Waals surface area contributed by atoms with Crippen molar-refractivity contribution < 1.29 is 9.13 Å². The Morgan fingerprint density at radius 2 is 0.566 bits per heavy atom. The molecule has 12 aromatic rings. The van der Waals surface area contributed by atoms with E-state index >= 15 is 9.13 Å². The third kappa shape index (κ3) is 6.55. The molecule has 14 rings (SSSR count). The predicted octanol–water partition coefficient (Wildman–Crippen LogP) is 14.8. The van der Waals surface area contributed by atoms with E-state index < -0.39 is 25.1 Å². The van der Waals surface area contributed by atoms with Gasteiger partial charge in [-0.2, -0.15) is 0 Å². The number of rotatable bonds is 10. The Kier molecular flexibility index (Phi) is 10.9. The molecule has 12 aromatic carbocycles. The topological polar surface area (TPSA) is 34.1 Å². The Hall–Kier alpha value is -8.64. The highest BCUT2D eigenvalue weighted by atomic mass is 31.2. The molecule has 2 aliphatic rings. The van der Waals surface area contributed by atoms with Crippen molar-refractivity contribution in [3.63, 3.8) is 0 Å². The number of hydrogen-bond acceptors (Lipinski definition) is 2. The first-order valence-corrected chi connectivity index (χ1v) is 29.5. The lowest BCUT2D eigenvalue weighted by Gasteiger charge is -2.43. The summed E-state index contributed by atoms with van der Waals surface area (Å²) < 4.78 is 33.0. The largest absolute Gasteiger partial charge is 0.309 e. The maximum Gasteiger partial charge on any atom is 0.171 e. The third-order valence-electron chi connectivity index (χ3n) is 16.4. The second-order valence-electron chi connectivity index (χ2n) is 20.1. The molecule has 2 aliphatic carbocycles. The Morgan fingerprint density at radius 1 is 0.237 bits per heavy atom. The van der Waals surface area contributed by atoms with Crippen molar-refractivity contribution in [1.29, 1.82) is 0 Å². The van der Waals surface area contributed by atoms with E-state index in [-0.39, 0.29) is 0 Å². The molecule has 0 saturated carbocycles. The lowest BCUT2D eigenvalue weighted by atomic mass is 9.59. The Bertz CT molecular complexity index is 4080. The summed E-state index contributed by atoms with van der Waals surface area (Å²) in [6.45, 7) is 0. The third-order valence-corrected chi connectivity index (χ3v) is 22.5. The standard InChI is InChI=1S/C72H50O2P2/c73-75(55-34-17-5-18-35-55,56-36-19-6-20-37-56)59-44-46-61-64-50-68-69(63-42-25-43-65(70(63)64)71(66(61)48-59,51-26-9-1-10-27-51)52-28-11-2-12-29-52)62-47-45-60(76(74,57-38-21-7-22-39-57)58-40-23-8-24-41-58)49-67(62)72(68,53-30-13-3-14-31-53)54-32-15-4-16-33-54/h1-50H. The second-order valence-corrected chi connectivity index (χ2v) is 25.6. The molecule has 4 heteroatoms. The summed E-state index contributed by atoms with van der Waals surface area (Å²) in [6.07, 6.45) is 0. The first kappa shape index (κ1) is 45.9. The molecule has 0 aromatic heterocycles. The number of benzene rings is 12. The van der Waals surface area contributed by atoms with Crippen LogP contribution in [-0.2, 0) is 20.0 Å². The monoisotopic (exact) mass is 1010 g/mol. The molecule has 0 amide bonds. The van der Waals surface area contributed by atoms with Crippen LogP contribution in [0.25, 0.3) is 33.0 Å². The zero-order valence-electron chi connectivity index (χ0n) is 41.6.